The number of benzene rings is 3. The van der Waals surface area contributed by atoms with Crippen LogP contribution in [0.1, 0.15) is 31.9 Å². The number of piperazine rings is 1. The van der Waals surface area contributed by atoms with E-state index < -0.39 is 5.79 Å². The SMILES string of the molecule is CCC(C)n1ncn(-c2ccc(N3CCN(c4ccc(OC[C@@H]5CO[C@@](Cn6nccn6)(c6ccc7ncsc7c6)O5)cc4)CC3)cc2)c1=O. The minimum atomic E-state index is -1.03. The third-order valence-electron chi connectivity index (χ3n) is 9.56. The molecule has 258 valence electrons. The second-order valence-electron chi connectivity index (χ2n) is 12.7. The molecular formula is C36H39N9O4S. The van der Waals surface area contributed by atoms with Crippen LogP contribution in [0.5, 0.6) is 5.75 Å². The van der Waals surface area contributed by atoms with Crippen molar-refractivity contribution in [3.63, 3.8) is 0 Å². The van der Waals surface area contributed by atoms with Gasteiger partial charge in [-0.2, -0.15) is 20.1 Å². The summed E-state index contributed by atoms with van der Waals surface area (Å²) in [4.78, 5) is 23.6. The van der Waals surface area contributed by atoms with E-state index in [-0.39, 0.29) is 17.8 Å². The molecule has 2 aliphatic heterocycles. The number of hydrogen-bond acceptors (Lipinski definition) is 11. The first-order valence-electron chi connectivity index (χ1n) is 17.0. The van der Waals surface area contributed by atoms with Gasteiger partial charge in [-0.15, -0.1) is 11.3 Å². The molecule has 0 radical (unpaired) electrons. The van der Waals surface area contributed by atoms with E-state index in [1.165, 1.54) is 0 Å². The Labute approximate surface area is 293 Å². The molecule has 3 atom stereocenters. The lowest BCUT2D eigenvalue weighted by Crippen LogP contribution is -2.46. The maximum absolute atomic E-state index is 12.8. The van der Waals surface area contributed by atoms with Crippen LogP contribution >= 0.6 is 11.3 Å². The van der Waals surface area contributed by atoms with E-state index in [0.29, 0.717) is 19.8 Å². The topological polar surface area (TPSA) is 118 Å². The molecule has 6 aromatic rings. The summed E-state index contributed by atoms with van der Waals surface area (Å²) in [6, 6.07) is 22.5. The van der Waals surface area contributed by atoms with Crippen LogP contribution in [0.3, 0.4) is 0 Å². The van der Waals surface area contributed by atoms with Crippen LogP contribution < -0.4 is 20.2 Å². The lowest BCUT2D eigenvalue weighted by atomic mass is 10.1. The van der Waals surface area contributed by atoms with Crippen molar-refractivity contribution in [2.75, 3.05) is 49.2 Å². The molecule has 3 aromatic heterocycles. The van der Waals surface area contributed by atoms with Crippen molar-refractivity contribution in [2.45, 2.75) is 44.7 Å². The summed E-state index contributed by atoms with van der Waals surface area (Å²) >= 11 is 1.58. The maximum Gasteiger partial charge on any atom is 0.350 e. The minimum Gasteiger partial charge on any atom is -0.491 e. The highest BCUT2D eigenvalue weighted by atomic mass is 32.1. The van der Waals surface area contributed by atoms with Crippen LogP contribution in [0.15, 0.2) is 95.8 Å². The molecule has 2 fully saturated rings. The van der Waals surface area contributed by atoms with Crippen LogP contribution in [0.2, 0.25) is 0 Å². The average molecular weight is 694 g/mol. The van der Waals surface area contributed by atoms with Crippen LogP contribution in [0.4, 0.5) is 11.4 Å². The highest BCUT2D eigenvalue weighted by molar-refractivity contribution is 7.16. The molecule has 2 aliphatic rings. The van der Waals surface area contributed by atoms with Crippen molar-refractivity contribution in [1.82, 2.24) is 34.3 Å². The first-order valence-corrected chi connectivity index (χ1v) is 17.8. The van der Waals surface area contributed by atoms with Gasteiger partial charge < -0.3 is 24.0 Å². The van der Waals surface area contributed by atoms with E-state index in [9.17, 15) is 4.79 Å². The minimum absolute atomic E-state index is 0.0690. The summed E-state index contributed by atoms with van der Waals surface area (Å²) in [6.07, 6.45) is 5.48. The molecular weight excluding hydrogens is 655 g/mol. The Morgan fingerprint density at radius 2 is 1.60 bits per heavy atom. The Hall–Kier alpha value is -5.05. The number of ether oxygens (including phenoxy) is 3. The van der Waals surface area contributed by atoms with Crippen LogP contribution in [-0.2, 0) is 21.8 Å². The summed E-state index contributed by atoms with van der Waals surface area (Å²) < 4.78 is 23.3. The number of rotatable bonds is 11. The summed E-state index contributed by atoms with van der Waals surface area (Å²) in [7, 11) is 0. The van der Waals surface area contributed by atoms with Crippen LogP contribution in [0.25, 0.3) is 15.9 Å². The number of nitrogens with zero attached hydrogens (tertiary/aromatic N) is 9. The van der Waals surface area contributed by atoms with Crippen LogP contribution in [-0.4, -0.2) is 79.8 Å². The molecule has 0 N–H and O–H groups in total. The van der Waals surface area contributed by atoms with E-state index in [0.717, 1.165) is 71.2 Å². The molecule has 0 spiro atoms. The van der Waals surface area contributed by atoms with Gasteiger partial charge >= 0.3 is 5.69 Å². The van der Waals surface area contributed by atoms with Gasteiger partial charge in [0, 0.05) is 43.1 Å². The average Bonchev–Trinajstić information content (AvgIpc) is 3.99. The molecule has 0 aliphatic carbocycles. The van der Waals surface area contributed by atoms with E-state index in [1.54, 1.807) is 44.1 Å². The van der Waals surface area contributed by atoms with Gasteiger partial charge in [0.25, 0.3) is 0 Å². The molecule has 8 rings (SSSR count). The molecule has 1 unspecified atom stereocenters. The van der Waals surface area contributed by atoms with Gasteiger partial charge in [-0.25, -0.2) is 19.0 Å². The van der Waals surface area contributed by atoms with Crippen LogP contribution in [0, 0.1) is 0 Å². The predicted octanol–water partition coefficient (Wildman–Crippen LogP) is 4.88. The summed E-state index contributed by atoms with van der Waals surface area (Å²) in [6.45, 7) is 8.70. The molecule has 0 saturated carbocycles. The Balaban J connectivity index is 0.855. The monoisotopic (exact) mass is 693 g/mol. The second kappa shape index (κ2) is 13.7. The van der Waals surface area contributed by atoms with E-state index in [2.05, 4.69) is 67.3 Å². The Kier molecular flexibility index (Phi) is 8.81. The zero-order valence-electron chi connectivity index (χ0n) is 28.0. The number of anilines is 2. The molecule has 50 heavy (non-hydrogen) atoms. The Morgan fingerprint density at radius 3 is 2.30 bits per heavy atom. The fourth-order valence-corrected chi connectivity index (χ4v) is 7.25. The summed E-state index contributed by atoms with van der Waals surface area (Å²) in [5, 5.41) is 12.9. The first kappa shape index (κ1) is 32.2. The predicted molar refractivity (Wildman–Crippen MR) is 191 cm³/mol. The van der Waals surface area contributed by atoms with Gasteiger partial charge in [0.15, 0.2) is 0 Å². The molecule has 0 bridgehead atoms. The van der Waals surface area contributed by atoms with E-state index >= 15 is 0 Å². The highest BCUT2D eigenvalue weighted by Crippen LogP contribution is 2.38. The smallest absolute Gasteiger partial charge is 0.350 e. The summed E-state index contributed by atoms with van der Waals surface area (Å²) in [5.41, 5.74) is 6.70. The van der Waals surface area contributed by atoms with Gasteiger partial charge in [0.2, 0.25) is 5.79 Å². The zero-order chi connectivity index (χ0) is 34.1. The fourth-order valence-electron chi connectivity index (χ4n) is 6.53. The number of fused-ring (bicyclic) bond motifs is 1. The molecule has 0 amide bonds. The van der Waals surface area contributed by atoms with Crippen molar-refractivity contribution in [3.05, 3.63) is 107 Å². The maximum atomic E-state index is 12.8. The lowest BCUT2D eigenvalue weighted by molar-refractivity contribution is -0.192. The van der Waals surface area contributed by atoms with Gasteiger partial charge in [0.1, 0.15) is 31.3 Å². The Morgan fingerprint density at radius 1 is 0.920 bits per heavy atom. The number of aromatic nitrogens is 7. The van der Waals surface area contributed by atoms with Crippen molar-refractivity contribution < 1.29 is 14.2 Å². The number of thiazole rings is 1. The first-order chi connectivity index (χ1) is 24.5. The molecule has 2 saturated heterocycles. The standard InChI is InChI=1S/C36H39N9O4S/c1-3-26(2)45-35(46)43(24-40-45)30-7-5-28(6-8-30)41-16-18-42(19-17-41)29-9-11-31(12-10-29)47-21-32-22-48-36(49-32,23-44-38-14-15-39-44)27-4-13-33-34(20-27)50-25-37-33/h4-15,20,24-26,32H,3,16-19,21-23H2,1-2H3/t26?,32-,36-/m1/s1. The van der Waals surface area contributed by atoms with Gasteiger partial charge in [0.05, 0.1) is 46.5 Å². The zero-order valence-corrected chi connectivity index (χ0v) is 28.9. The molecule has 14 heteroatoms. The van der Waals surface area contributed by atoms with Gasteiger partial charge in [-0.05, 0) is 74.0 Å². The van der Waals surface area contributed by atoms with Gasteiger partial charge in [-0.3, -0.25) is 0 Å². The largest absolute Gasteiger partial charge is 0.491 e. The molecule has 3 aromatic carbocycles. The highest BCUT2D eigenvalue weighted by Gasteiger charge is 2.45. The van der Waals surface area contributed by atoms with E-state index in [1.807, 2.05) is 48.8 Å². The normalized spacial score (nSPS) is 20.1. The molecule has 5 heterocycles. The molecule has 13 nitrogen and oxygen atoms in total. The Bertz CT molecular complexity index is 2090. The third kappa shape index (κ3) is 6.37. The lowest BCUT2D eigenvalue weighted by Gasteiger charge is -2.37. The number of hydrogen-bond donors (Lipinski definition) is 0. The fraction of sp³-hybridized carbons (Fsp3) is 0.361. The summed E-state index contributed by atoms with van der Waals surface area (Å²) in [5.74, 6) is -0.252. The second-order valence-corrected chi connectivity index (χ2v) is 13.6. The quantitative estimate of drug-likeness (QED) is 0.186. The van der Waals surface area contributed by atoms with Crippen molar-refractivity contribution in [2.24, 2.45) is 0 Å². The van der Waals surface area contributed by atoms with Crippen molar-refractivity contribution in [1.29, 1.82) is 0 Å². The van der Waals surface area contributed by atoms with E-state index in [4.69, 9.17) is 14.2 Å². The van der Waals surface area contributed by atoms with Crippen molar-refractivity contribution in [3.8, 4) is 11.4 Å². The van der Waals surface area contributed by atoms with Crippen molar-refractivity contribution >= 4 is 32.9 Å². The third-order valence-corrected chi connectivity index (χ3v) is 10.4. The van der Waals surface area contributed by atoms with Gasteiger partial charge in [-0.1, -0.05) is 13.0 Å².